The number of amides is 1. The highest BCUT2D eigenvalue weighted by Crippen LogP contribution is 2.27. The van der Waals surface area contributed by atoms with E-state index < -0.39 is 21.0 Å². The molecule has 3 aromatic rings. The number of ether oxygens (including phenoxy) is 1. The van der Waals surface area contributed by atoms with Gasteiger partial charge < -0.3 is 21.7 Å². The lowest BCUT2D eigenvalue weighted by Crippen LogP contribution is -3.00. The lowest BCUT2D eigenvalue weighted by atomic mass is 10.2. The van der Waals surface area contributed by atoms with Crippen molar-refractivity contribution in [2.24, 2.45) is 0 Å². The Morgan fingerprint density at radius 3 is 2.44 bits per heavy atom. The molecule has 0 aliphatic heterocycles. The second-order valence-electron chi connectivity index (χ2n) is 6.29. The third-order valence-corrected chi connectivity index (χ3v) is 6.24. The zero-order valence-electron chi connectivity index (χ0n) is 16.1. The minimum Gasteiger partial charge on any atom is -1.00 e. The standard InChI is InChI=1S/C20H14Cl3FN2O4S.BrH/c21-15-8-7-14(10-17(15)23)30-12-19(27)25-18-6-1-2-9-26(18)11-13-4-3-5-16(22)20(13)31(24,28)29;/h1-10H,11-12H2;1H. The van der Waals surface area contributed by atoms with Gasteiger partial charge in [-0.3, -0.25) is 0 Å². The van der Waals surface area contributed by atoms with E-state index in [0.717, 1.165) is 0 Å². The van der Waals surface area contributed by atoms with E-state index in [1.54, 1.807) is 36.5 Å². The second kappa shape index (κ2) is 11.3. The van der Waals surface area contributed by atoms with Crippen molar-refractivity contribution in [1.29, 1.82) is 0 Å². The molecule has 1 aromatic heterocycles. The molecule has 0 fully saturated rings. The van der Waals surface area contributed by atoms with Crippen LogP contribution in [-0.2, 0) is 21.6 Å². The summed E-state index contributed by atoms with van der Waals surface area (Å²) < 4.78 is 43.7. The molecule has 0 saturated carbocycles. The second-order valence-corrected chi connectivity index (χ2v) is 8.80. The van der Waals surface area contributed by atoms with Gasteiger partial charge in [0.05, 0.1) is 21.3 Å². The number of hydrogen-bond donors (Lipinski definition) is 1. The minimum atomic E-state index is -5.04. The minimum absolute atomic E-state index is 0. The van der Waals surface area contributed by atoms with Crippen molar-refractivity contribution in [3.05, 3.63) is 81.4 Å². The van der Waals surface area contributed by atoms with Crippen LogP contribution in [0, 0.1) is 0 Å². The molecule has 32 heavy (non-hydrogen) atoms. The SMILES string of the molecule is O=C(COc1ccc(Cl)c(Cl)c1)Nc1cccc[n+]1Cc1cccc(Cl)c1S(=O)(=O)F.[Br-]. The number of nitrogens with zero attached hydrogens (tertiary/aromatic N) is 1. The van der Waals surface area contributed by atoms with Gasteiger partial charge in [-0.15, -0.1) is 3.89 Å². The largest absolute Gasteiger partial charge is 1.00 e. The van der Waals surface area contributed by atoms with E-state index in [1.165, 1.54) is 28.8 Å². The molecule has 2 aromatic carbocycles. The number of aromatic nitrogens is 1. The molecular formula is C20H15BrCl3FN2O4S. The first-order valence-electron chi connectivity index (χ1n) is 8.73. The van der Waals surface area contributed by atoms with Gasteiger partial charge in [0.25, 0.3) is 5.82 Å². The maximum absolute atomic E-state index is 13.7. The first-order valence-corrected chi connectivity index (χ1v) is 11.2. The number of rotatable bonds is 7. The summed E-state index contributed by atoms with van der Waals surface area (Å²) in [5, 5.41) is 3.09. The Balaban J connectivity index is 0.00000363. The Bertz CT molecular complexity index is 1250. The summed E-state index contributed by atoms with van der Waals surface area (Å²) in [6, 6.07) is 13.8. The molecule has 1 N–H and O–H groups in total. The smallest absolute Gasteiger partial charge is 0.345 e. The average Bonchev–Trinajstić information content (AvgIpc) is 2.69. The number of halogens is 5. The number of benzene rings is 2. The van der Waals surface area contributed by atoms with Crippen molar-refractivity contribution in [2.75, 3.05) is 11.9 Å². The lowest BCUT2D eigenvalue weighted by molar-refractivity contribution is -0.674. The van der Waals surface area contributed by atoms with Gasteiger partial charge in [0, 0.05) is 17.7 Å². The molecule has 12 heteroatoms. The first-order chi connectivity index (χ1) is 14.6. The molecule has 0 radical (unpaired) electrons. The van der Waals surface area contributed by atoms with E-state index in [1.807, 2.05) is 0 Å². The molecule has 0 spiro atoms. The summed E-state index contributed by atoms with van der Waals surface area (Å²) in [5.74, 6) is 0.227. The summed E-state index contributed by atoms with van der Waals surface area (Å²) in [5.41, 5.74) is 0.133. The molecule has 0 unspecified atom stereocenters. The zero-order valence-corrected chi connectivity index (χ0v) is 20.7. The fourth-order valence-corrected chi connectivity index (χ4v) is 4.26. The van der Waals surface area contributed by atoms with E-state index in [2.05, 4.69) is 5.32 Å². The van der Waals surface area contributed by atoms with Gasteiger partial charge in [-0.25, -0.2) is 14.7 Å². The van der Waals surface area contributed by atoms with E-state index in [-0.39, 0.29) is 40.7 Å². The Morgan fingerprint density at radius 2 is 1.75 bits per heavy atom. The predicted molar refractivity (Wildman–Crippen MR) is 116 cm³/mol. The lowest BCUT2D eigenvalue weighted by Gasteiger charge is -2.10. The van der Waals surface area contributed by atoms with Crippen molar-refractivity contribution in [3.63, 3.8) is 0 Å². The van der Waals surface area contributed by atoms with Crippen LogP contribution in [0.2, 0.25) is 15.1 Å². The van der Waals surface area contributed by atoms with Crippen molar-refractivity contribution in [3.8, 4) is 5.75 Å². The van der Waals surface area contributed by atoms with Crippen LogP contribution >= 0.6 is 34.8 Å². The van der Waals surface area contributed by atoms with Crippen LogP contribution in [0.5, 0.6) is 5.75 Å². The van der Waals surface area contributed by atoms with E-state index in [9.17, 15) is 17.1 Å². The number of anilines is 1. The monoisotopic (exact) mass is 582 g/mol. The molecule has 0 atom stereocenters. The quantitative estimate of drug-likeness (QED) is 0.339. The van der Waals surface area contributed by atoms with E-state index in [0.29, 0.717) is 21.6 Å². The van der Waals surface area contributed by atoms with Crippen LogP contribution in [-0.4, -0.2) is 20.9 Å². The van der Waals surface area contributed by atoms with E-state index in [4.69, 9.17) is 39.5 Å². The van der Waals surface area contributed by atoms with Crippen LogP contribution in [0.25, 0.3) is 0 Å². The fraction of sp³-hybridized carbons (Fsp3) is 0.100. The number of pyridine rings is 1. The summed E-state index contributed by atoms with van der Waals surface area (Å²) in [7, 11) is -5.04. The van der Waals surface area contributed by atoms with Crippen molar-refractivity contribution < 1.29 is 43.4 Å². The van der Waals surface area contributed by atoms with Gasteiger partial charge >= 0.3 is 16.1 Å². The third kappa shape index (κ3) is 6.79. The van der Waals surface area contributed by atoms with Gasteiger partial charge in [0.2, 0.25) is 0 Å². The Hall–Kier alpha value is -1.91. The van der Waals surface area contributed by atoms with Crippen molar-refractivity contribution in [2.45, 2.75) is 11.4 Å². The normalized spacial score (nSPS) is 10.9. The van der Waals surface area contributed by atoms with Crippen LogP contribution < -0.4 is 31.6 Å². The molecule has 170 valence electrons. The highest BCUT2D eigenvalue weighted by atomic mass is 79.9. The number of carbonyl (C=O) groups is 1. The van der Waals surface area contributed by atoms with Crippen molar-refractivity contribution in [1.82, 2.24) is 0 Å². The van der Waals surface area contributed by atoms with Crippen LogP contribution in [0.15, 0.2) is 65.7 Å². The third-order valence-electron chi connectivity index (χ3n) is 4.10. The topological polar surface area (TPSA) is 76.3 Å². The molecule has 3 rings (SSSR count). The predicted octanol–water partition coefficient (Wildman–Crippen LogP) is 1.66. The zero-order chi connectivity index (χ0) is 22.6. The molecule has 1 heterocycles. The number of nitrogens with one attached hydrogen (secondary N) is 1. The van der Waals surface area contributed by atoms with Crippen LogP contribution in [0.4, 0.5) is 9.70 Å². The van der Waals surface area contributed by atoms with Gasteiger partial charge in [-0.1, -0.05) is 53.0 Å². The summed E-state index contributed by atoms with van der Waals surface area (Å²) in [4.78, 5) is 11.7. The number of carbonyl (C=O) groups excluding carboxylic acids is 1. The molecule has 0 aliphatic rings. The maximum atomic E-state index is 13.7. The molecule has 6 nitrogen and oxygen atoms in total. The van der Waals surface area contributed by atoms with Crippen LogP contribution in [0.3, 0.4) is 0 Å². The Labute approximate surface area is 209 Å². The van der Waals surface area contributed by atoms with Gasteiger partial charge in [0.15, 0.2) is 6.61 Å². The number of hydrogen-bond acceptors (Lipinski definition) is 4. The van der Waals surface area contributed by atoms with Crippen LogP contribution in [0.1, 0.15) is 5.56 Å². The first kappa shape index (κ1) is 26.3. The highest BCUT2D eigenvalue weighted by Gasteiger charge is 2.23. The molecule has 0 bridgehead atoms. The molecule has 0 saturated heterocycles. The molecule has 0 aliphatic carbocycles. The summed E-state index contributed by atoms with van der Waals surface area (Å²) >= 11 is 17.7. The van der Waals surface area contributed by atoms with E-state index >= 15 is 0 Å². The fourth-order valence-electron chi connectivity index (χ4n) is 2.76. The highest BCUT2D eigenvalue weighted by molar-refractivity contribution is 7.86. The average molecular weight is 585 g/mol. The summed E-state index contributed by atoms with van der Waals surface area (Å²) in [6.07, 6.45) is 1.60. The van der Waals surface area contributed by atoms with Gasteiger partial charge in [0.1, 0.15) is 17.2 Å². The van der Waals surface area contributed by atoms with Gasteiger partial charge in [-0.05, 0) is 24.3 Å². The van der Waals surface area contributed by atoms with Crippen molar-refractivity contribution >= 4 is 56.8 Å². The molecular weight excluding hydrogens is 570 g/mol. The maximum Gasteiger partial charge on any atom is 0.345 e. The Kier molecular flexibility index (Phi) is 9.29. The summed E-state index contributed by atoms with van der Waals surface area (Å²) in [6.45, 7) is -0.364. The molecule has 1 amide bonds. The van der Waals surface area contributed by atoms with Gasteiger partial charge in [-0.2, -0.15) is 8.42 Å². The Morgan fingerprint density at radius 1 is 1.00 bits per heavy atom.